The van der Waals surface area contributed by atoms with Crippen LogP contribution in [0.5, 0.6) is 0 Å². The molecule has 1 aromatic rings. The summed E-state index contributed by atoms with van der Waals surface area (Å²) in [5.74, 6) is 0.0412. The first-order chi connectivity index (χ1) is 7.40. The summed E-state index contributed by atoms with van der Waals surface area (Å²) in [6.07, 6.45) is -2.55. The monoisotopic (exact) mass is 251 g/mol. The van der Waals surface area contributed by atoms with Crippen LogP contribution in [0.1, 0.15) is 0 Å². The zero-order chi connectivity index (χ0) is 12.3. The van der Waals surface area contributed by atoms with Gasteiger partial charge < -0.3 is 4.90 Å². The van der Waals surface area contributed by atoms with E-state index in [4.69, 9.17) is 11.6 Å². The maximum absolute atomic E-state index is 12.1. The standard InChI is InChI=1S/C8H8ClF2N3O2/c1-13(4-7(10)11)8-3-5(14(15)16)2-6(9)12-8/h2-3,7H,4H2,1H3. The Hall–Kier alpha value is -1.50. The van der Waals surface area contributed by atoms with E-state index in [1.165, 1.54) is 7.05 Å². The van der Waals surface area contributed by atoms with Crippen molar-refractivity contribution in [1.82, 2.24) is 4.98 Å². The predicted octanol–water partition coefficient (Wildman–Crippen LogP) is 2.34. The van der Waals surface area contributed by atoms with Crippen LogP contribution in [0.15, 0.2) is 12.1 Å². The average Bonchev–Trinajstić information content (AvgIpc) is 2.15. The number of nitrogens with zero attached hydrogens (tertiary/aromatic N) is 3. The Morgan fingerprint density at radius 1 is 1.62 bits per heavy atom. The van der Waals surface area contributed by atoms with Crippen molar-refractivity contribution in [2.24, 2.45) is 0 Å². The van der Waals surface area contributed by atoms with E-state index in [-0.39, 0.29) is 16.7 Å². The normalized spacial score (nSPS) is 10.6. The van der Waals surface area contributed by atoms with Crippen LogP contribution in [-0.2, 0) is 0 Å². The minimum atomic E-state index is -2.55. The predicted molar refractivity (Wildman–Crippen MR) is 55.2 cm³/mol. The molecule has 0 aliphatic carbocycles. The van der Waals surface area contributed by atoms with Gasteiger partial charge in [0.1, 0.15) is 11.0 Å². The van der Waals surface area contributed by atoms with Gasteiger partial charge in [-0.1, -0.05) is 11.6 Å². The largest absolute Gasteiger partial charge is 0.354 e. The van der Waals surface area contributed by atoms with Crippen LogP contribution in [0, 0.1) is 10.1 Å². The van der Waals surface area contributed by atoms with E-state index in [1.54, 1.807) is 0 Å². The molecule has 0 aliphatic heterocycles. The van der Waals surface area contributed by atoms with Gasteiger partial charge in [0.25, 0.3) is 12.1 Å². The second-order valence-corrected chi connectivity index (χ2v) is 3.42. The van der Waals surface area contributed by atoms with Gasteiger partial charge in [0, 0.05) is 7.05 Å². The van der Waals surface area contributed by atoms with Crippen molar-refractivity contribution in [3.63, 3.8) is 0 Å². The van der Waals surface area contributed by atoms with Gasteiger partial charge in [-0.2, -0.15) is 0 Å². The second-order valence-electron chi connectivity index (χ2n) is 3.03. The number of aromatic nitrogens is 1. The van der Waals surface area contributed by atoms with E-state index in [9.17, 15) is 18.9 Å². The number of halogens is 3. The van der Waals surface area contributed by atoms with E-state index in [0.29, 0.717) is 0 Å². The number of hydrogen-bond donors (Lipinski definition) is 0. The molecule has 1 aromatic heterocycles. The lowest BCUT2D eigenvalue weighted by Crippen LogP contribution is -2.24. The van der Waals surface area contributed by atoms with Gasteiger partial charge in [-0.25, -0.2) is 13.8 Å². The highest BCUT2D eigenvalue weighted by molar-refractivity contribution is 6.29. The molecule has 88 valence electrons. The number of hydrogen-bond acceptors (Lipinski definition) is 4. The zero-order valence-electron chi connectivity index (χ0n) is 8.23. The quantitative estimate of drug-likeness (QED) is 0.468. The molecule has 0 N–H and O–H groups in total. The van der Waals surface area contributed by atoms with Crippen molar-refractivity contribution < 1.29 is 13.7 Å². The minimum absolute atomic E-state index is 0.0412. The Kier molecular flexibility index (Phi) is 3.94. The molecule has 0 radical (unpaired) electrons. The summed E-state index contributed by atoms with van der Waals surface area (Å²) in [5, 5.41) is 10.4. The minimum Gasteiger partial charge on any atom is -0.354 e. The van der Waals surface area contributed by atoms with Crippen LogP contribution < -0.4 is 4.90 Å². The van der Waals surface area contributed by atoms with Gasteiger partial charge in [0.05, 0.1) is 23.6 Å². The Morgan fingerprint density at radius 3 is 2.75 bits per heavy atom. The smallest absolute Gasteiger partial charge is 0.276 e. The molecule has 1 heterocycles. The molecule has 0 unspecified atom stereocenters. The average molecular weight is 252 g/mol. The molecule has 0 bridgehead atoms. The molecule has 8 heteroatoms. The first kappa shape index (κ1) is 12.6. The molecular formula is C8H8ClF2N3O2. The van der Waals surface area contributed by atoms with Crippen LogP contribution >= 0.6 is 11.6 Å². The lowest BCUT2D eigenvalue weighted by Gasteiger charge is -2.17. The molecule has 0 saturated heterocycles. The summed E-state index contributed by atoms with van der Waals surface area (Å²) >= 11 is 5.54. The molecular weight excluding hydrogens is 244 g/mol. The van der Waals surface area contributed by atoms with Crippen LogP contribution in [0.2, 0.25) is 5.15 Å². The Bertz CT molecular complexity index is 403. The summed E-state index contributed by atoms with van der Waals surface area (Å²) in [5.41, 5.74) is -0.281. The lowest BCUT2D eigenvalue weighted by molar-refractivity contribution is -0.384. The Balaban J connectivity index is 3.00. The summed E-state index contributed by atoms with van der Waals surface area (Å²) in [6, 6.07) is 2.15. The van der Waals surface area contributed by atoms with Gasteiger partial charge >= 0.3 is 0 Å². The molecule has 5 nitrogen and oxygen atoms in total. The van der Waals surface area contributed by atoms with E-state index in [1.807, 2.05) is 0 Å². The third-order valence-electron chi connectivity index (χ3n) is 1.78. The number of anilines is 1. The van der Waals surface area contributed by atoms with Crippen molar-refractivity contribution in [3.8, 4) is 0 Å². The first-order valence-electron chi connectivity index (χ1n) is 4.21. The summed E-state index contributed by atoms with van der Waals surface area (Å²) < 4.78 is 24.2. The lowest BCUT2D eigenvalue weighted by atomic mass is 10.4. The zero-order valence-corrected chi connectivity index (χ0v) is 8.99. The second kappa shape index (κ2) is 5.02. The fourth-order valence-electron chi connectivity index (χ4n) is 1.07. The van der Waals surface area contributed by atoms with Crippen molar-refractivity contribution in [3.05, 3.63) is 27.4 Å². The van der Waals surface area contributed by atoms with Crippen LogP contribution in [0.4, 0.5) is 20.3 Å². The first-order valence-corrected chi connectivity index (χ1v) is 4.59. The SMILES string of the molecule is CN(CC(F)F)c1cc([N+](=O)[O-])cc(Cl)n1. The van der Waals surface area contributed by atoms with Crippen molar-refractivity contribution >= 4 is 23.1 Å². The molecule has 0 aliphatic rings. The van der Waals surface area contributed by atoms with Gasteiger partial charge in [0.15, 0.2) is 0 Å². The molecule has 0 saturated carbocycles. The maximum atomic E-state index is 12.1. The van der Waals surface area contributed by atoms with Crippen LogP contribution in [-0.4, -0.2) is 29.9 Å². The van der Waals surface area contributed by atoms with Crippen LogP contribution in [0.3, 0.4) is 0 Å². The van der Waals surface area contributed by atoms with Gasteiger partial charge in [-0.05, 0) is 0 Å². The maximum Gasteiger partial charge on any atom is 0.276 e. The summed E-state index contributed by atoms with van der Waals surface area (Å²) in [6.45, 7) is -0.565. The van der Waals surface area contributed by atoms with E-state index < -0.39 is 17.9 Å². The van der Waals surface area contributed by atoms with Crippen molar-refractivity contribution in [1.29, 1.82) is 0 Å². The molecule has 0 spiro atoms. The fraction of sp³-hybridized carbons (Fsp3) is 0.375. The van der Waals surface area contributed by atoms with E-state index >= 15 is 0 Å². The van der Waals surface area contributed by atoms with E-state index in [2.05, 4.69) is 4.98 Å². The number of nitro groups is 1. The Labute approximate surface area is 94.8 Å². The number of rotatable bonds is 4. The molecule has 0 atom stereocenters. The van der Waals surface area contributed by atoms with Gasteiger partial charge in [-0.3, -0.25) is 10.1 Å². The molecule has 0 amide bonds. The summed E-state index contributed by atoms with van der Waals surface area (Å²) in [7, 11) is 1.36. The van der Waals surface area contributed by atoms with E-state index in [0.717, 1.165) is 17.0 Å². The summed E-state index contributed by atoms with van der Waals surface area (Å²) in [4.78, 5) is 14.7. The Morgan fingerprint density at radius 2 is 2.25 bits per heavy atom. The molecule has 0 aromatic carbocycles. The third-order valence-corrected chi connectivity index (χ3v) is 1.97. The van der Waals surface area contributed by atoms with Gasteiger partial charge in [-0.15, -0.1) is 0 Å². The van der Waals surface area contributed by atoms with Crippen molar-refractivity contribution in [2.45, 2.75) is 6.43 Å². The highest BCUT2D eigenvalue weighted by Gasteiger charge is 2.15. The molecule has 16 heavy (non-hydrogen) atoms. The highest BCUT2D eigenvalue weighted by Crippen LogP contribution is 2.22. The third kappa shape index (κ3) is 3.27. The highest BCUT2D eigenvalue weighted by atomic mass is 35.5. The van der Waals surface area contributed by atoms with Gasteiger partial charge in [0.2, 0.25) is 0 Å². The van der Waals surface area contributed by atoms with Crippen LogP contribution in [0.25, 0.3) is 0 Å². The number of pyridine rings is 1. The fourth-order valence-corrected chi connectivity index (χ4v) is 1.27. The molecule has 1 rings (SSSR count). The number of alkyl halides is 2. The topological polar surface area (TPSA) is 59.3 Å². The molecule has 0 fully saturated rings. The van der Waals surface area contributed by atoms with Crippen molar-refractivity contribution in [2.75, 3.05) is 18.5 Å².